The molecule has 0 spiro atoms. The first-order valence-corrected chi connectivity index (χ1v) is 19.5. The van der Waals surface area contributed by atoms with Crippen molar-refractivity contribution in [1.82, 2.24) is 0 Å². The molecule has 0 saturated carbocycles. The first-order valence-electron chi connectivity index (χ1n) is 18.0. The Morgan fingerprint density at radius 3 is 0.952 bits per heavy atom. The molecule has 0 heterocycles. The Kier molecular flexibility index (Phi) is 39.4. The smallest absolute Gasteiger partial charge is 0.756 e. The van der Waals surface area contributed by atoms with Crippen molar-refractivity contribution in [3.05, 3.63) is 24.3 Å². The van der Waals surface area contributed by atoms with Crippen LogP contribution in [0.1, 0.15) is 194 Å². The minimum atomic E-state index is -4.14. The molecule has 6 heteroatoms. The second-order valence-corrected chi connectivity index (χ2v) is 13.4. The zero-order valence-electron chi connectivity index (χ0n) is 28.6. The van der Waals surface area contributed by atoms with Crippen molar-refractivity contribution in [2.75, 3.05) is 13.2 Å². The molecule has 0 aliphatic rings. The standard InChI is InChI=1S/C36H71O4P.Li/c1-3-5-7-9-11-13-15-17-19-21-23-25-27-29-31-33-35-39-41(37,38)40-36-34-32-30-28-26-24-22-20-18-16-14-12-10-8-6-4-2;/h17-20H,3-16,21-36H2,1-2H3,(H,37,38);/q;+1/p-1/b19-17-,20-18-;. The van der Waals surface area contributed by atoms with E-state index in [4.69, 9.17) is 9.05 Å². The van der Waals surface area contributed by atoms with Crippen LogP contribution in [0.5, 0.6) is 0 Å². The van der Waals surface area contributed by atoms with Crippen LogP contribution in [0.25, 0.3) is 0 Å². The van der Waals surface area contributed by atoms with E-state index in [0.29, 0.717) is 0 Å². The predicted octanol–water partition coefficient (Wildman–Crippen LogP) is 9.57. The quantitative estimate of drug-likeness (QED) is 0.0318. The second-order valence-electron chi connectivity index (χ2n) is 12.0. The maximum Gasteiger partial charge on any atom is 1.00 e. The van der Waals surface area contributed by atoms with Crippen LogP contribution >= 0.6 is 7.82 Å². The summed E-state index contributed by atoms with van der Waals surface area (Å²) in [4.78, 5) is 11.9. The maximum atomic E-state index is 11.9. The number of unbranched alkanes of at least 4 members (excludes halogenated alkanes) is 24. The summed E-state index contributed by atoms with van der Waals surface area (Å²) in [5, 5.41) is 0. The fourth-order valence-corrected chi connectivity index (χ4v) is 5.87. The van der Waals surface area contributed by atoms with Crippen molar-refractivity contribution in [3.63, 3.8) is 0 Å². The van der Waals surface area contributed by atoms with Gasteiger partial charge in [-0.25, -0.2) is 0 Å². The third-order valence-electron chi connectivity index (χ3n) is 7.81. The van der Waals surface area contributed by atoms with E-state index < -0.39 is 7.82 Å². The van der Waals surface area contributed by atoms with Gasteiger partial charge in [-0.1, -0.05) is 154 Å². The Morgan fingerprint density at radius 1 is 0.429 bits per heavy atom. The Hall–Kier alpha value is 0.187. The number of allylic oxidation sites excluding steroid dienone is 4. The van der Waals surface area contributed by atoms with E-state index >= 15 is 0 Å². The van der Waals surface area contributed by atoms with Gasteiger partial charge in [0.1, 0.15) is 0 Å². The molecule has 0 amide bonds. The molecular formula is C36H70LiO4P. The van der Waals surface area contributed by atoms with Gasteiger partial charge in [0.2, 0.25) is 0 Å². The van der Waals surface area contributed by atoms with Gasteiger partial charge in [0.25, 0.3) is 7.82 Å². The minimum absolute atomic E-state index is 0. The Balaban J connectivity index is 0. The summed E-state index contributed by atoms with van der Waals surface area (Å²) in [5.74, 6) is 0. The molecule has 0 aliphatic carbocycles. The molecule has 0 saturated heterocycles. The summed E-state index contributed by atoms with van der Waals surface area (Å²) in [6.07, 6.45) is 44.0. The molecule has 0 aromatic heterocycles. The van der Waals surface area contributed by atoms with E-state index in [0.717, 1.165) is 38.5 Å². The number of phosphoric acid groups is 1. The Bertz CT molecular complexity index is 563. The van der Waals surface area contributed by atoms with Crippen LogP contribution < -0.4 is 23.8 Å². The van der Waals surface area contributed by atoms with Crippen molar-refractivity contribution in [2.45, 2.75) is 194 Å². The van der Waals surface area contributed by atoms with Gasteiger partial charge in [0.15, 0.2) is 0 Å². The van der Waals surface area contributed by atoms with Crippen molar-refractivity contribution < 1.29 is 37.4 Å². The first-order chi connectivity index (χ1) is 20.1. The third kappa shape index (κ3) is 38.2. The van der Waals surface area contributed by atoms with Crippen LogP contribution in [-0.2, 0) is 13.6 Å². The van der Waals surface area contributed by atoms with Crippen molar-refractivity contribution in [1.29, 1.82) is 0 Å². The topological polar surface area (TPSA) is 58.6 Å². The monoisotopic (exact) mass is 605 g/mol. The van der Waals surface area contributed by atoms with Crippen LogP contribution in [0.15, 0.2) is 24.3 Å². The third-order valence-corrected chi connectivity index (χ3v) is 8.81. The van der Waals surface area contributed by atoms with E-state index in [1.807, 2.05) is 0 Å². The van der Waals surface area contributed by atoms with E-state index in [1.54, 1.807) is 0 Å². The number of hydrogen-bond acceptors (Lipinski definition) is 4. The Labute approximate surface area is 275 Å². The molecule has 0 aromatic carbocycles. The summed E-state index contributed by atoms with van der Waals surface area (Å²) in [7, 11) is -4.14. The minimum Gasteiger partial charge on any atom is -0.756 e. The normalized spacial score (nSPS) is 12.1. The zero-order chi connectivity index (χ0) is 30.0. The van der Waals surface area contributed by atoms with Crippen LogP contribution in [0.3, 0.4) is 0 Å². The van der Waals surface area contributed by atoms with Crippen molar-refractivity contribution >= 4 is 7.82 Å². The van der Waals surface area contributed by atoms with Crippen molar-refractivity contribution in [3.8, 4) is 0 Å². The van der Waals surface area contributed by atoms with Gasteiger partial charge in [-0.3, -0.25) is 4.57 Å². The van der Waals surface area contributed by atoms with Gasteiger partial charge in [0, 0.05) is 0 Å². The van der Waals surface area contributed by atoms with Gasteiger partial charge in [-0.15, -0.1) is 0 Å². The average Bonchev–Trinajstić information content (AvgIpc) is 2.96. The van der Waals surface area contributed by atoms with Gasteiger partial charge in [-0.05, 0) is 64.2 Å². The molecule has 0 N–H and O–H groups in total. The van der Waals surface area contributed by atoms with Gasteiger partial charge < -0.3 is 13.9 Å². The fourth-order valence-electron chi connectivity index (χ4n) is 5.09. The SMILES string of the molecule is CCCCCCCC/C=C\CCCCCCCCOP(=O)([O-])OCCCCCCCC/C=C\CCCCCCCC.[Li+]. The van der Waals surface area contributed by atoms with Gasteiger partial charge in [0.05, 0.1) is 13.2 Å². The van der Waals surface area contributed by atoms with E-state index in [1.165, 1.54) is 141 Å². The van der Waals surface area contributed by atoms with Crippen molar-refractivity contribution in [2.24, 2.45) is 0 Å². The summed E-state index contributed by atoms with van der Waals surface area (Å²) < 4.78 is 22.0. The van der Waals surface area contributed by atoms with E-state index in [2.05, 4.69) is 38.2 Å². The molecule has 4 nitrogen and oxygen atoms in total. The van der Waals surface area contributed by atoms with E-state index in [-0.39, 0.29) is 32.1 Å². The van der Waals surface area contributed by atoms with Crippen LogP contribution in [0.4, 0.5) is 0 Å². The predicted molar refractivity (Wildman–Crippen MR) is 178 cm³/mol. The molecule has 244 valence electrons. The average molecular weight is 605 g/mol. The van der Waals surface area contributed by atoms with Crippen LogP contribution in [0.2, 0.25) is 0 Å². The number of rotatable bonds is 34. The van der Waals surface area contributed by atoms with Gasteiger partial charge in [-0.2, -0.15) is 0 Å². The summed E-state index contributed by atoms with van der Waals surface area (Å²) in [6, 6.07) is 0. The molecule has 0 bridgehead atoms. The summed E-state index contributed by atoms with van der Waals surface area (Å²) in [6.45, 7) is 5.02. The number of phosphoric ester groups is 1. The molecule has 0 atom stereocenters. The zero-order valence-corrected chi connectivity index (χ0v) is 29.5. The molecule has 0 unspecified atom stereocenters. The summed E-state index contributed by atoms with van der Waals surface area (Å²) in [5.41, 5.74) is 0. The second kappa shape index (κ2) is 37.4. The van der Waals surface area contributed by atoms with Crippen LogP contribution in [-0.4, -0.2) is 13.2 Å². The summed E-state index contributed by atoms with van der Waals surface area (Å²) >= 11 is 0. The fraction of sp³-hybridized carbons (Fsp3) is 0.889. The maximum absolute atomic E-state index is 11.9. The molecule has 0 aromatic rings. The van der Waals surface area contributed by atoms with Gasteiger partial charge >= 0.3 is 18.9 Å². The van der Waals surface area contributed by atoms with E-state index in [9.17, 15) is 9.46 Å². The molecule has 0 fully saturated rings. The molecule has 0 rings (SSSR count). The molecular weight excluding hydrogens is 534 g/mol. The molecule has 42 heavy (non-hydrogen) atoms. The first kappa shape index (κ1) is 44.3. The molecule has 0 radical (unpaired) electrons. The molecule has 0 aliphatic heterocycles. The Morgan fingerprint density at radius 2 is 0.667 bits per heavy atom. The van der Waals surface area contributed by atoms with Crippen LogP contribution in [0, 0.1) is 0 Å². The largest absolute Gasteiger partial charge is 1.00 e. The number of hydrogen-bond donors (Lipinski definition) is 0.